The van der Waals surface area contributed by atoms with Crippen LogP contribution in [0.5, 0.6) is 0 Å². The van der Waals surface area contributed by atoms with Crippen LogP contribution >= 0.6 is 11.3 Å². The van der Waals surface area contributed by atoms with Gasteiger partial charge in [-0.05, 0) is 49.6 Å². The molecular weight excluding hydrogens is 316 g/mol. The maximum atomic E-state index is 12.5. The number of amides is 1. The molecule has 0 unspecified atom stereocenters. The molecule has 0 radical (unpaired) electrons. The zero-order valence-corrected chi connectivity index (χ0v) is 15.2. The average molecular weight is 338 g/mol. The fourth-order valence-corrected chi connectivity index (χ4v) is 3.83. The van der Waals surface area contributed by atoms with E-state index in [0.29, 0.717) is 5.56 Å². The zero-order valence-electron chi connectivity index (χ0n) is 14.4. The molecule has 0 aliphatic heterocycles. The number of benzene rings is 2. The molecule has 124 valence electrons. The highest BCUT2D eigenvalue weighted by Gasteiger charge is 2.09. The normalized spacial score (nSPS) is 12.0. The number of hydrogen-bond acceptors (Lipinski definition) is 2. The van der Waals surface area contributed by atoms with E-state index in [0.717, 1.165) is 35.3 Å². The minimum Gasteiger partial charge on any atom is -0.316 e. The second-order valence-corrected chi connectivity index (χ2v) is 6.98. The van der Waals surface area contributed by atoms with E-state index in [1.807, 2.05) is 31.2 Å². The molecule has 1 aromatic heterocycles. The third-order valence-corrected chi connectivity index (χ3v) is 5.14. The number of carbonyl (C=O) groups is 1. The third-order valence-electron chi connectivity index (χ3n) is 4.10. The Bertz CT molecular complexity index is 932. The summed E-state index contributed by atoms with van der Waals surface area (Å²) in [6, 6.07) is 14.1. The highest BCUT2D eigenvalue weighted by atomic mass is 32.1. The fraction of sp³-hybridized carbons (Fsp3) is 0.300. The van der Waals surface area contributed by atoms with Crippen molar-refractivity contribution < 1.29 is 4.79 Å². The van der Waals surface area contributed by atoms with E-state index in [9.17, 15) is 4.79 Å². The van der Waals surface area contributed by atoms with E-state index in [-0.39, 0.29) is 5.91 Å². The van der Waals surface area contributed by atoms with Gasteiger partial charge in [0.2, 0.25) is 0 Å². The number of aryl methyl sites for hydroxylation is 3. The maximum absolute atomic E-state index is 12.5. The second kappa shape index (κ2) is 7.14. The molecule has 0 fully saturated rings. The second-order valence-electron chi connectivity index (χ2n) is 5.97. The van der Waals surface area contributed by atoms with Crippen LogP contribution in [0.15, 0.2) is 47.5 Å². The monoisotopic (exact) mass is 338 g/mol. The Morgan fingerprint density at radius 2 is 1.88 bits per heavy atom. The summed E-state index contributed by atoms with van der Waals surface area (Å²) in [4.78, 5) is 17.7. The van der Waals surface area contributed by atoms with E-state index in [1.54, 1.807) is 11.3 Å². The number of nitrogens with zero attached hydrogens (tertiary/aromatic N) is 2. The van der Waals surface area contributed by atoms with Gasteiger partial charge in [-0.2, -0.15) is 4.99 Å². The van der Waals surface area contributed by atoms with Crippen molar-refractivity contribution in [1.29, 1.82) is 0 Å². The Morgan fingerprint density at radius 1 is 1.12 bits per heavy atom. The Hall–Kier alpha value is -2.20. The van der Waals surface area contributed by atoms with Crippen molar-refractivity contribution in [2.75, 3.05) is 0 Å². The van der Waals surface area contributed by atoms with Crippen molar-refractivity contribution in [2.45, 2.75) is 40.2 Å². The molecule has 3 aromatic rings. The van der Waals surface area contributed by atoms with Crippen molar-refractivity contribution in [1.82, 2.24) is 4.57 Å². The smallest absolute Gasteiger partial charge is 0.279 e. The number of hydrogen-bond donors (Lipinski definition) is 0. The zero-order chi connectivity index (χ0) is 17.1. The lowest BCUT2D eigenvalue weighted by molar-refractivity contribution is 0.0998. The van der Waals surface area contributed by atoms with Gasteiger partial charge in [-0.15, -0.1) is 0 Å². The van der Waals surface area contributed by atoms with Gasteiger partial charge in [-0.25, -0.2) is 0 Å². The molecule has 3 rings (SSSR count). The standard InChI is InChI=1S/C20H22N2OS/c1-4-12-22-17-11-8-15(5-2)13-18(17)24-20(22)21-19(23)16-9-6-14(3)7-10-16/h6-11,13H,4-5,12H2,1-3H3. The molecule has 0 bridgehead atoms. The van der Waals surface area contributed by atoms with Gasteiger partial charge in [-0.1, -0.05) is 48.9 Å². The van der Waals surface area contributed by atoms with Crippen molar-refractivity contribution in [3.05, 3.63) is 64.0 Å². The summed E-state index contributed by atoms with van der Waals surface area (Å²) in [6.07, 6.45) is 2.02. The molecule has 0 aliphatic rings. The van der Waals surface area contributed by atoms with E-state index in [2.05, 4.69) is 41.6 Å². The fourth-order valence-electron chi connectivity index (χ4n) is 2.71. The van der Waals surface area contributed by atoms with Crippen LogP contribution < -0.4 is 4.80 Å². The van der Waals surface area contributed by atoms with Crippen LogP contribution in [0.2, 0.25) is 0 Å². The molecular formula is C20H22N2OS. The first-order valence-electron chi connectivity index (χ1n) is 8.40. The number of rotatable bonds is 4. The van der Waals surface area contributed by atoms with Gasteiger partial charge >= 0.3 is 0 Å². The Balaban J connectivity index is 2.11. The topological polar surface area (TPSA) is 34.4 Å². The van der Waals surface area contributed by atoms with E-state index in [1.165, 1.54) is 10.3 Å². The summed E-state index contributed by atoms with van der Waals surface area (Å²) < 4.78 is 3.35. The van der Waals surface area contributed by atoms with Crippen molar-refractivity contribution in [2.24, 2.45) is 4.99 Å². The highest BCUT2D eigenvalue weighted by Crippen LogP contribution is 2.20. The Kier molecular flexibility index (Phi) is 4.95. The average Bonchev–Trinajstić information content (AvgIpc) is 2.92. The maximum Gasteiger partial charge on any atom is 0.279 e. The number of fused-ring (bicyclic) bond motifs is 1. The van der Waals surface area contributed by atoms with Gasteiger partial charge in [0.1, 0.15) is 0 Å². The Labute approximate surface area is 146 Å². The molecule has 0 saturated carbocycles. The van der Waals surface area contributed by atoms with Gasteiger partial charge in [0.25, 0.3) is 5.91 Å². The van der Waals surface area contributed by atoms with E-state index < -0.39 is 0 Å². The lowest BCUT2D eigenvalue weighted by Gasteiger charge is -2.03. The Morgan fingerprint density at radius 3 is 2.54 bits per heavy atom. The third kappa shape index (κ3) is 3.34. The van der Waals surface area contributed by atoms with Crippen LogP contribution in [0.25, 0.3) is 10.2 Å². The van der Waals surface area contributed by atoms with Gasteiger partial charge in [0.05, 0.1) is 10.2 Å². The summed E-state index contributed by atoms with van der Waals surface area (Å²) in [6.45, 7) is 7.17. The van der Waals surface area contributed by atoms with Crippen LogP contribution in [0.3, 0.4) is 0 Å². The van der Waals surface area contributed by atoms with Crippen LogP contribution in [0.1, 0.15) is 41.8 Å². The van der Waals surface area contributed by atoms with E-state index in [4.69, 9.17) is 0 Å². The first-order chi connectivity index (χ1) is 11.6. The minimum absolute atomic E-state index is 0.179. The summed E-state index contributed by atoms with van der Waals surface area (Å²) in [5.41, 5.74) is 4.25. The number of aromatic nitrogens is 1. The van der Waals surface area contributed by atoms with Gasteiger partial charge in [0, 0.05) is 12.1 Å². The highest BCUT2D eigenvalue weighted by molar-refractivity contribution is 7.16. The minimum atomic E-state index is -0.179. The lowest BCUT2D eigenvalue weighted by Crippen LogP contribution is -2.16. The molecule has 0 atom stereocenters. The van der Waals surface area contributed by atoms with Gasteiger partial charge in [-0.3, -0.25) is 4.79 Å². The lowest BCUT2D eigenvalue weighted by atomic mass is 10.1. The number of carbonyl (C=O) groups excluding carboxylic acids is 1. The molecule has 2 aromatic carbocycles. The molecule has 0 saturated heterocycles. The SMILES string of the molecule is CCCn1c(=NC(=O)c2ccc(C)cc2)sc2cc(CC)ccc21. The summed E-state index contributed by atoms with van der Waals surface area (Å²) >= 11 is 1.59. The predicted octanol–water partition coefficient (Wildman–Crippen LogP) is 4.72. The molecule has 0 aliphatic carbocycles. The van der Waals surface area contributed by atoms with Crippen molar-refractivity contribution in [3.8, 4) is 0 Å². The van der Waals surface area contributed by atoms with Gasteiger partial charge < -0.3 is 4.57 Å². The summed E-state index contributed by atoms with van der Waals surface area (Å²) in [5.74, 6) is -0.179. The van der Waals surface area contributed by atoms with Crippen molar-refractivity contribution >= 4 is 27.5 Å². The molecule has 24 heavy (non-hydrogen) atoms. The quantitative estimate of drug-likeness (QED) is 0.677. The van der Waals surface area contributed by atoms with Crippen LogP contribution in [-0.2, 0) is 13.0 Å². The molecule has 1 amide bonds. The van der Waals surface area contributed by atoms with Gasteiger partial charge in [0.15, 0.2) is 4.80 Å². The molecule has 0 N–H and O–H groups in total. The molecule has 0 spiro atoms. The first kappa shape index (κ1) is 16.7. The van der Waals surface area contributed by atoms with E-state index >= 15 is 0 Å². The van der Waals surface area contributed by atoms with Crippen LogP contribution in [0.4, 0.5) is 0 Å². The molecule has 1 heterocycles. The summed E-state index contributed by atoms with van der Waals surface area (Å²) in [7, 11) is 0. The van der Waals surface area contributed by atoms with Crippen LogP contribution in [0, 0.1) is 6.92 Å². The predicted molar refractivity (Wildman–Crippen MR) is 101 cm³/mol. The first-order valence-corrected chi connectivity index (χ1v) is 9.22. The largest absolute Gasteiger partial charge is 0.316 e. The molecule has 4 heteroatoms. The van der Waals surface area contributed by atoms with Crippen LogP contribution in [-0.4, -0.2) is 10.5 Å². The number of thiazole rings is 1. The summed E-state index contributed by atoms with van der Waals surface area (Å²) in [5, 5.41) is 0. The molecule has 3 nitrogen and oxygen atoms in total. The van der Waals surface area contributed by atoms with Crippen molar-refractivity contribution in [3.63, 3.8) is 0 Å².